The van der Waals surface area contributed by atoms with Crippen LogP contribution in [0.1, 0.15) is 19.4 Å². The molecule has 0 fully saturated rings. The van der Waals surface area contributed by atoms with Crippen LogP contribution in [0.2, 0.25) is 5.02 Å². The molecule has 1 N–H and O–H groups in total. The largest absolute Gasteiger partial charge is 0.372 e. The minimum atomic E-state index is -0.447. The van der Waals surface area contributed by atoms with Crippen LogP contribution in [0, 0.1) is 11.3 Å². The highest BCUT2D eigenvalue weighted by Crippen LogP contribution is 2.18. The van der Waals surface area contributed by atoms with Gasteiger partial charge in [-0.05, 0) is 61.9 Å². The van der Waals surface area contributed by atoms with Crippen molar-refractivity contribution in [2.24, 2.45) is 0 Å². The Hall–Kier alpha value is -2.77. The zero-order chi connectivity index (χ0) is 18.2. The third kappa shape index (κ3) is 5.10. The van der Waals surface area contributed by atoms with E-state index in [1.807, 2.05) is 30.3 Å². The van der Waals surface area contributed by atoms with Crippen molar-refractivity contribution in [1.82, 2.24) is 0 Å². The smallest absolute Gasteiger partial charge is 0.266 e. The molecule has 0 radical (unpaired) electrons. The number of carbonyl (C=O) groups is 1. The van der Waals surface area contributed by atoms with Gasteiger partial charge in [-0.2, -0.15) is 5.26 Å². The number of hydrogen-bond acceptors (Lipinski definition) is 3. The predicted octanol–water partition coefficient (Wildman–Crippen LogP) is 4.73. The molecular weight excluding hydrogens is 334 g/mol. The molecule has 1 amide bonds. The van der Waals surface area contributed by atoms with Gasteiger partial charge in [0.2, 0.25) is 0 Å². The van der Waals surface area contributed by atoms with Crippen LogP contribution in [0.25, 0.3) is 6.08 Å². The normalized spacial score (nSPS) is 10.9. The maximum absolute atomic E-state index is 12.3. The Bertz CT molecular complexity index is 785. The van der Waals surface area contributed by atoms with Gasteiger partial charge in [-0.25, -0.2) is 0 Å². The molecule has 0 saturated carbocycles. The summed E-state index contributed by atoms with van der Waals surface area (Å²) in [5.74, 6) is -0.447. The number of rotatable bonds is 6. The molecule has 0 unspecified atom stereocenters. The first-order chi connectivity index (χ1) is 12.1. The molecular formula is C20H20ClN3O. The van der Waals surface area contributed by atoms with Crippen molar-refractivity contribution in [3.8, 4) is 6.07 Å². The summed E-state index contributed by atoms with van der Waals surface area (Å²) >= 11 is 5.82. The van der Waals surface area contributed by atoms with E-state index in [2.05, 4.69) is 24.1 Å². The number of anilines is 2. The van der Waals surface area contributed by atoms with Gasteiger partial charge >= 0.3 is 0 Å². The first kappa shape index (κ1) is 18.6. The van der Waals surface area contributed by atoms with E-state index in [4.69, 9.17) is 11.6 Å². The van der Waals surface area contributed by atoms with Crippen molar-refractivity contribution in [3.05, 3.63) is 64.7 Å². The summed E-state index contributed by atoms with van der Waals surface area (Å²) in [6, 6.07) is 16.5. The molecule has 128 valence electrons. The Kier molecular flexibility index (Phi) is 6.62. The van der Waals surface area contributed by atoms with Crippen LogP contribution in [0.15, 0.2) is 54.1 Å². The molecule has 2 rings (SSSR count). The van der Waals surface area contributed by atoms with Crippen molar-refractivity contribution in [2.75, 3.05) is 23.3 Å². The molecule has 5 heteroatoms. The third-order valence-corrected chi connectivity index (χ3v) is 4.05. The maximum atomic E-state index is 12.3. The summed E-state index contributed by atoms with van der Waals surface area (Å²) in [4.78, 5) is 14.5. The van der Waals surface area contributed by atoms with Crippen LogP contribution in [-0.4, -0.2) is 19.0 Å². The molecule has 25 heavy (non-hydrogen) atoms. The Morgan fingerprint density at radius 1 is 1.12 bits per heavy atom. The quantitative estimate of drug-likeness (QED) is 0.603. The number of nitrogens with zero attached hydrogens (tertiary/aromatic N) is 2. The standard InChI is InChI=1S/C20H20ClN3O/c1-3-24(4-2)19-11-5-15(6-12-19)13-16(14-22)20(25)23-18-9-7-17(21)8-10-18/h5-13H,3-4H2,1-2H3,(H,23,25). The van der Waals surface area contributed by atoms with Crippen molar-refractivity contribution in [3.63, 3.8) is 0 Å². The summed E-state index contributed by atoms with van der Waals surface area (Å²) in [5.41, 5.74) is 2.56. The summed E-state index contributed by atoms with van der Waals surface area (Å²) in [6.07, 6.45) is 1.58. The second-order valence-corrected chi connectivity index (χ2v) is 5.83. The van der Waals surface area contributed by atoms with E-state index in [1.165, 1.54) is 0 Å². The molecule has 4 nitrogen and oxygen atoms in total. The lowest BCUT2D eigenvalue weighted by atomic mass is 10.1. The number of nitriles is 1. The highest BCUT2D eigenvalue weighted by molar-refractivity contribution is 6.30. The van der Waals surface area contributed by atoms with Crippen molar-refractivity contribution < 1.29 is 4.79 Å². The molecule has 0 aromatic heterocycles. The van der Waals surface area contributed by atoms with Gasteiger partial charge in [0.1, 0.15) is 11.6 Å². The minimum Gasteiger partial charge on any atom is -0.372 e. The second-order valence-electron chi connectivity index (χ2n) is 5.39. The summed E-state index contributed by atoms with van der Waals surface area (Å²) in [5, 5.41) is 12.6. The van der Waals surface area contributed by atoms with Crippen molar-refractivity contribution >= 4 is 35.0 Å². The molecule has 2 aromatic rings. The molecule has 2 aromatic carbocycles. The van der Waals surface area contributed by atoms with Crippen LogP contribution in [0.5, 0.6) is 0 Å². The molecule has 0 aliphatic heterocycles. The Morgan fingerprint density at radius 2 is 1.72 bits per heavy atom. The fourth-order valence-corrected chi connectivity index (χ4v) is 2.54. The van der Waals surface area contributed by atoms with Gasteiger partial charge in [0.05, 0.1) is 0 Å². The Labute approximate surface area is 153 Å². The number of hydrogen-bond donors (Lipinski definition) is 1. The van der Waals surface area contributed by atoms with Gasteiger partial charge in [-0.3, -0.25) is 4.79 Å². The molecule has 0 atom stereocenters. The summed E-state index contributed by atoms with van der Waals surface area (Å²) in [6.45, 7) is 6.07. The fourth-order valence-electron chi connectivity index (χ4n) is 2.42. The van der Waals surface area contributed by atoms with Crippen molar-refractivity contribution in [1.29, 1.82) is 5.26 Å². The van der Waals surface area contributed by atoms with Crippen LogP contribution < -0.4 is 10.2 Å². The van der Waals surface area contributed by atoms with Gasteiger partial charge in [-0.15, -0.1) is 0 Å². The van der Waals surface area contributed by atoms with Gasteiger partial charge in [0, 0.05) is 29.5 Å². The number of nitrogens with one attached hydrogen (secondary N) is 1. The van der Waals surface area contributed by atoms with Gasteiger partial charge in [-0.1, -0.05) is 23.7 Å². The van der Waals surface area contributed by atoms with Crippen LogP contribution in [0.4, 0.5) is 11.4 Å². The monoisotopic (exact) mass is 353 g/mol. The van der Waals surface area contributed by atoms with E-state index in [0.717, 1.165) is 24.3 Å². The zero-order valence-electron chi connectivity index (χ0n) is 14.3. The van der Waals surface area contributed by atoms with Gasteiger partial charge in [0.15, 0.2) is 0 Å². The van der Waals surface area contributed by atoms with E-state index in [-0.39, 0.29) is 5.57 Å². The molecule has 0 aliphatic carbocycles. The van der Waals surface area contributed by atoms with Crippen LogP contribution in [-0.2, 0) is 4.79 Å². The maximum Gasteiger partial charge on any atom is 0.266 e. The molecule has 0 saturated heterocycles. The van der Waals surface area contributed by atoms with E-state index in [0.29, 0.717) is 10.7 Å². The molecule has 0 bridgehead atoms. The lowest BCUT2D eigenvalue weighted by Crippen LogP contribution is -2.21. The average molecular weight is 354 g/mol. The molecule has 0 heterocycles. The summed E-state index contributed by atoms with van der Waals surface area (Å²) < 4.78 is 0. The topological polar surface area (TPSA) is 56.1 Å². The Morgan fingerprint density at radius 3 is 2.24 bits per heavy atom. The van der Waals surface area contributed by atoms with Crippen LogP contribution in [0.3, 0.4) is 0 Å². The summed E-state index contributed by atoms with van der Waals surface area (Å²) in [7, 11) is 0. The molecule has 0 spiro atoms. The first-order valence-electron chi connectivity index (χ1n) is 8.11. The van der Waals surface area contributed by atoms with Gasteiger partial charge in [0.25, 0.3) is 5.91 Å². The average Bonchev–Trinajstić information content (AvgIpc) is 2.63. The number of halogens is 1. The van der Waals surface area contributed by atoms with E-state index in [9.17, 15) is 10.1 Å². The minimum absolute atomic E-state index is 0.0468. The highest BCUT2D eigenvalue weighted by atomic mass is 35.5. The van der Waals surface area contributed by atoms with Gasteiger partial charge < -0.3 is 10.2 Å². The molecule has 0 aliphatic rings. The lowest BCUT2D eigenvalue weighted by Gasteiger charge is -2.20. The predicted molar refractivity (Wildman–Crippen MR) is 104 cm³/mol. The van der Waals surface area contributed by atoms with E-state index >= 15 is 0 Å². The van der Waals surface area contributed by atoms with Crippen molar-refractivity contribution in [2.45, 2.75) is 13.8 Å². The SMILES string of the molecule is CCN(CC)c1ccc(C=C(C#N)C(=O)Nc2ccc(Cl)cc2)cc1. The van der Waals surface area contributed by atoms with E-state index < -0.39 is 5.91 Å². The van der Waals surface area contributed by atoms with E-state index in [1.54, 1.807) is 30.3 Å². The fraction of sp³-hybridized carbons (Fsp3) is 0.200. The zero-order valence-corrected chi connectivity index (χ0v) is 15.0. The number of benzene rings is 2. The lowest BCUT2D eigenvalue weighted by molar-refractivity contribution is -0.112. The third-order valence-electron chi connectivity index (χ3n) is 3.80. The first-order valence-corrected chi connectivity index (χ1v) is 8.49. The number of carbonyl (C=O) groups excluding carboxylic acids is 1. The number of amides is 1. The Balaban J connectivity index is 2.14. The highest BCUT2D eigenvalue weighted by Gasteiger charge is 2.10. The van der Waals surface area contributed by atoms with Crippen LogP contribution >= 0.6 is 11.6 Å². The second kappa shape index (κ2) is 8.91.